The maximum absolute atomic E-state index is 14.2. The van der Waals surface area contributed by atoms with E-state index in [1.54, 1.807) is 24.5 Å². The summed E-state index contributed by atoms with van der Waals surface area (Å²) in [6.07, 6.45) is 4.24. The second-order valence-electron chi connectivity index (χ2n) is 8.48. The zero-order valence-electron chi connectivity index (χ0n) is 18.2. The quantitative estimate of drug-likeness (QED) is 0.440. The Hall–Kier alpha value is -3.78. The Morgan fingerprint density at radius 2 is 1.58 bits per heavy atom. The Bertz CT molecular complexity index is 1460. The van der Waals surface area contributed by atoms with Gasteiger partial charge in [0.15, 0.2) is 0 Å². The lowest BCUT2D eigenvalue weighted by Crippen LogP contribution is -2.22. The average Bonchev–Trinajstić information content (AvgIpc) is 3.40. The molecule has 0 radical (unpaired) electrons. The first-order chi connectivity index (χ1) is 15.8. The van der Waals surface area contributed by atoms with E-state index in [9.17, 15) is 18.4 Å². The average molecular weight is 448 g/mol. The van der Waals surface area contributed by atoms with Crippen molar-refractivity contribution in [1.29, 1.82) is 0 Å². The van der Waals surface area contributed by atoms with E-state index in [1.165, 1.54) is 24.3 Å². The molecule has 0 saturated heterocycles. The number of aromatic amines is 1. The predicted molar refractivity (Wildman–Crippen MR) is 123 cm³/mol. The fraction of sp³-hybridized carbons (Fsp3) is 0.200. The summed E-state index contributed by atoms with van der Waals surface area (Å²) in [5, 5.41) is 3.40. The van der Waals surface area contributed by atoms with Gasteiger partial charge < -0.3 is 14.5 Å². The van der Waals surface area contributed by atoms with E-state index in [4.69, 9.17) is 0 Å². The SMILES string of the molecule is CN(C)CCCn1cc(C2=C(c3c[nH]c4ccc(F)cc34)C(=O)NC2=O)c2cc(F)ccc21. The fourth-order valence-corrected chi connectivity index (χ4v) is 4.48. The molecule has 168 valence electrons. The molecule has 2 N–H and O–H groups in total. The van der Waals surface area contributed by atoms with E-state index in [2.05, 4.69) is 15.2 Å². The summed E-state index contributed by atoms with van der Waals surface area (Å²) in [5.74, 6) is -2.01. The molecule has 2 amide bonds. The van der Waals surface area contributed by atoms with Gasteiger partial charge in [0.2, 0.25) is 0 Å². The van der Waals surface area contributed by atoms with Crippen LogP contribution < -0.4 is 5.32 Å². The second kappa shape index (κ2) is 7.97. The number of imide groups is 1. The monoisotopic (exact) mass is 448 g/mol. The molecule has 6 nitrogen and oxygen atoms in total. The molecule has 0 spiro atoms. The van der Waals surface area contributed by atoms with Gasteiger partial charge in [0.1, 0.15) is 11.6 Å². The van der Waals surface area contributed by atoms with E-state index in [1.807, 2.05) is 18.7 Å². The molecule has 0 unspecified atom stereocenters. The molecule has 1 aliphatic rings. The lowest BCUT2D eigenvalue weighted by molar-refractivity contribution is -0.122. The number of carbonyl (C=O) groups excluding carboxylic acids is 2. The van der Waals surface area contributed by atoms with Gasteiger partial charge in [0.05, 0.1) is 11.1 Å². The third kappa shape index (κ3) is 3.62. The second-order valence-corrected chi connectivity index (χ2v) is 8.48. The van der Waals surface area contributed by atoms with Crippen molar-refractivity contribution in [2.24, 2.45) is 0 Å². The molecule has 0 atom stereocenters. The van der Waals surface area contributed by atoms with Crippen molar-refractivity contribution in [1.82, 2.24) is 19.8 Å². The molecule has 8 heteroatoms. The van der Waals surface area contributed by atoms with Crippen LogP contribution in [0.15, 0.2) is 48.8 Å². The Kier molecular flexibility index (Phi) is 5.09. The summed E-state index contributed by atoms with van der Waals surface area (Å²) in [4.78, 5) is 30.9. The molecular formula is C25H22F2N4O2. The standard InChI is InChI=1S/C25H22F2N4O2/c1-30(2)8-3-9-31-13-19(17-11-15(27)5-7-21(17)31)23-22(24(32)29-25(23)33)18-12-28-20-6-4-14(26)10-16(18)20/h4-7,10-13,28H,3,8-9H2,1-2H3,(H,29,32,33). The number of fused-ring (bicyclic) bond motifs is 2. The molecule has 0 fully saturated rings. The first-order valence-electron chi connectivity index (χ1n) is 10.6. The molecule has 0 saturated carbocycles. The number of nitrogens with one attached hydrogen (secondary N) is 2. The number of hydrogen-bond donors (Lipinski definition) is 2. The smallest absolute Gasteiger partial charge is 0.259 e. The number of nitrogens with zero attached hydrogens (tertiary/aromatic N) is 2. The molecule has 1 aliphatic heterocycles. The number of amides is 2. The van der Waals surface area contributed by atoms with Crippen LogP contribution in [0.1, 0.15) is 17.5 Å². The van der Waals surface area contributed by atoms with Gasteiger partial charge in [-0.1, -0.05) is 0 Å². The number of rotatable bonds is 6. The van der Waals surface area contributed by atoms with E-state index in [0.717, 1.165) is 18.5 Å². The van der Waals surface area contributed by atoms with Crippen LogP contribution in [0.3, 0.4) is 0 Å². The van der Waals surface area contributed by atoms with E-state index in [-0.39, 0.29) is 11.1 Å². The van der Waals surface area contributed by atoms with Crippen LogP contribution in [0.4, 0.5) is 8.78 Å². The Labute approximate surface area is 188 Å². The summed E-state index contributed by atoms with van der Waals surface area (Å²) in [6, 6.07) is 8.66. The van der Waals surface area contributed by atoms with Crippen LogP contribution >= 0.6 is 0 Å². The van der Waals surface area contributed by atoms with Crippen LogP contribution in [0.25, 0.3) is 33.0 Å². The van der Waals surface area contributed by atoms with E-state index < -0.39 is 23.4 Å². The Morgan fingerprint density at radius 3 is 2.30 bits per heavy atom. The maximum Gasteiger partial charge on any atom is 0.259 e. The summed E-state index contributed by atoms with van der Waals surface area (Å²) in [6.45, 7) is 1.53. The van der Waals surface area contributed by atoms with Crippen molar-refractivity contribution in [3.63, 3.8) is 0 Å². The van der Waals surface area contributed by atoms with Crippen molar-refractivity contribution in [2.75, 3.05) is 20.6 Å². The first kappa shape index (κ1) is 21.1. The Balaban J connectivity index is 1.73. The molecule has 0 aliphatic carbocycles. The molecular weight excluding hydrogens is 426 g/mol. The fourth-order valence-electron chi connectivity index (χ4n) is 4.48. The number of aromatic nitrogens is 2. The van der Waals surface area contributed by atoms with Crippen LogP contribution in [0.2, 0.25) is 0 Å². The highest BCUT2D eigenvalue weighted by molar-refractivity contribution is 6.50. The van der Waals surface area contributed by atoms with Crippen LogP contribution in [-0.4, -0.2) is 46.9 Å². The third-order valence-corrected chi connectivity index (χ3v) is 5.96. The zero-order chi connectivity index (χ0) is 23.3. The van der Waals surface area contributed by atoms with Crippen LogP contribution in [0.5, 0.6) is 0 Å². The minimum atomic E-state index is -0.565. The Morgan fingerprint density at radius 1 is 0.909 bits per heavy atom. The minimum Gasteiger partial charge on any atom is -0.361 e. The van der Waals surface area contributed by atoms with Gasteiger partial charge in [-0.15, -0.1) is 0 Å². The highest BCUT2D eigenvalue weighted by Gasteiger charge is 2.35. The van der Waals surface area contributed by atoms with Gasteiger partial charge in [-0.3, -0.25) is 14.9 Å². The molecule has 2 aromatic heterocycles. The number of halogens is 2. The van der Waals surface area contributed by atoms with E-state index in [0.29, 0.717) is 34.0 Å². The topological polar surface area (TPSA) is 70.1 Å². The molecule has 33 heavy (non-hydrogen) atoms. The predicted octanol–water partition coefficient (Wildman–Crippen LogP) is 3.92. The van der Waals surface area contributed by atoms with Crippen LogP contribution in [0, 0.1) is 11.6 Å². The molecule has 3 heterocycles. The largest absolute Gasteiger partial charge is 0.361 e. The number of carbonyl (C=O) groups is 2. The number of aryl methyl sites for hydroxylation is 1. The third-order valence-electron chi connectivity index (χ3n) is 5.96. The van der Waals surface area contributed by atoms with Gasteiger partial charge in [-0.25, -0.2) is 8.78 Å². The highest BCUT2D eigenvalue weighted by Crippen LogP contribution is 2.38. The van der Waals surface area contributed by atoms with Crippen molar-refractivity contribution in [3.05, 3.63) is 71.6 Å². The van der Waals surface area contributed by atoms with Crippen molar-refractivity contribution in [3.8, 4) is 0 Å². The van der Waals surface area contributed by atoms with Crippen molar-refractivity contribution in [2.45, 2.75) is 13.0 Å². The lowest BCUT2D eigenvalue weighted by atomic mass is 9.95. The van der Waals surface area contributed by atoms with Gasteiger partial charge in [-0.05, 0) is 63.5 Å². The maximum atomic E-state index is 14.2. The molecule has 2 aromatic carbocycles. The first-order valence-corrected chi connectivity index (χ1v) is 10.6. The van der Waals surface area contributed by atoms with Crippen molar-refractivity contribution < 1.29 is 18.4 Å². The van der Waals surface area contributed by atoms with Gasteiger partial charge in [-0.2, -0.15) is 0 Å². The minimum absolute atomic E-state index is 0.147. The molecule has 4 aromatic rings. The zero-order valence-corrected chi connectivity index (χ0v) is 18.2. The number of H-pyrrole nitrogens is 1. The van der Waals surface area contributed by atoms with Gasteiger partial charge in [0, 0.05) is 51.9 Å². The van der Waals surface area contributed by atoms with Gasteiger partial charge in [0.25, 0.3) is 11.8 Å². The summed E-state index contributed by atoms with van der Waals surface area (Å²) < 4.78 is 30.2. The normalized spacial score (nSPS) is 14.3. The highest BCUT2D eigenvalue weighted by atomic mass is 19.1. The summed E-state index contributed by atoms with van der Waals surface area (Å²) >= 11 is 0. The number of benzene rings is 2. The lowest BCUT2D eigenvalue weighted by Gasteiger charge is -2.10. The van der Waals surface area contributed by atoms with Gasteiger partial charge >= 0.3 is 0 Å². The number of hydrogen-bond acceptors (Lipinski definition) is 3. The van der Waals surface area contributed by atoms with E-state index >= 15 is 0 Å². The molecule has 0 bridgehead atoms. The summed E-state index contributed by atoms with van der Waals surface area (Å²) in [5.41, 5.74) is 2.61. The molecule has 5 rings (SSSR count). The van der Waals surface area contributed by atoms with Crippen molar-refractivity contribution >= 4 is 44.8 Å². The summed E-state index contributed by atoms with van der Waals surface area (Å²) in [7, 11) is 3.98. The van der Waals surface area contributed by atoms with Crippen LogP contribution in [-0.2, 0) is 16.1 Å².